The third kappa shape index (κ3) is 0.841. The molecular weight excluding hydrogens is 156 g/mol. The molecule has 2 rings (SSSR count). The highest BCUT2D eigenvalue weighted by molar-refractivity contribution is 5.87. The number of rotatable bonds is 1. The van der Waals surface area contributed by atoms with Crippen LogP contribution < -0.4 is 0 Å². The number of aryl methyl sites for hydroxylation is 1. The summed E-state index contributed by atoms with van der Waals surface area (Å²) in [5.41, 5.74) is 2.27. The molecule has 1 aliphatic rings. The van der Waals surface area contributed by atoms with Gasteiger partial charge in [-0.25, -0.2) is 4.79 Å². The second-order valence-electron chi connectivity index (χ2n) is 3.06. The van der Waals surface area contributed by atoms with E-state index in [0.717, 1.165) is 30.5 Å². The minimum atomic E-state index is -0.909. The van der Waals surface area contributed by atoms with E-state index in [9.17, 15) is 4.79 Å². The maximum Gasteiger partial charge on any atom is 0.356 e. The van der Waals surface area contributed by atoms with Crippen molar-refractivity contribution in [1.82, 2.24) is 9.78 Å². The van der Waals surface area contributed by atoms with Gasteiger partial charge in [0.25, 0.3) is 0 Å². The number of hydrogen-bond donors (Lipinski definition) is 1. The number of hydrogen-bond acceptors (Lipinski definition) is 2. The molecule has 0 aliphatic heterocycles. The van der Waals surface area contributed by atoms with Crippen molar-refractivity contribution in [2.45, 2.75) is 19.3 Å². The highest BCUT2D eigenvalue weighted by Gasteiger charge is 2.24. The molecule has 1 aliphatic carbocycles. The summed E-state index contributed by atoms with van der Waals surface area (Å²) in [7, 11) is 1.80. The summed E-state index contributed by atoms with van der Waals surface area (Å²) in [4.78, 5) is 10.7. The molecule has 0 radical (unpaired) electrons. The van der Waals surface area contributed by atoms with Crippen LogP contribution in [0.2, 0.25) is 0 Å². The summed E-state index contributed by atoms with van der Waals surface area (Å²) < 4.78 is 1.69. The van der Waals surface area contributed by atoms with E-state index >= 15 is 0 Å². The lowest BCUT2D eigenvalue weighted by molar-refractivity contribution is 0.0688. The van der Waals surface area contributed by atoms with Crippen molar-refractivity contribution in [3.05, 3.63) is 17.0 Å². The van der Waals surface area contributed by atoms with Crippen LogP contribution in [-0.2, 0) is 19.9 Å². The number of carboxylic acids is 1. The lowest BCUT2D eigenvalue weighted by atomic mass is 10.2. The average molecular weight is 166 g/mol. The summed E-state index contributed by atoms with van der Waals surface area (Å²) in [6.45, 7) is 0. The highest BCUT2D eigenvalue weighted by Crippen LogP contribution is 2.24. The van der Waals surface area contributed by atoms with Crippen molar-refractivity contribution in [3.63, 3.8) is 0 Å². The maximum absolute atomic E-state index is 10.7. The fourth-order valence-electron chi connectivity index (χ4n) is 1.78. The maximum atomic E-state index is 10.7. The second-order valence-corrected chi connectivity index (χ2v) is 3.06. The quantitative estimate of drug-likeness (QED) is 0.664. The first-order chi connectivity index (χ1) is 5.70. The van der Waals surface area contributed by atoms with Crippen LogP contribution in [0.25, 0.3) is 0 Å². The Balaban J connectivity index is 2.58. The molecule has 0 unspecified atom stereocenters. The highest BCUT2D eigenvalue weighted by atomic mass is 16.4. The first kappa shape index (κ1) is 7.34. The summed E-state index contributed by atoms with van der Waals surface area (Å²) in [6.07, 6.45) is 2.89. The monoisotopic (exact) mass is 166 g/mol. The Morgan fingerprint density at radius 3 is 3.00 bits per heavy atom. The van der Waals surface area contributed by atoms with Crippen molar-refractivity contribution in [2.75, 3.05) is 0 Å². The molecule has 0 bridgehead atoms. The normalized spacial score (nSPS) is 14.8. The van der Waals surface area contributed by atoms with E-state index in [1.54, 1.807) is 11.7 Å². The first-order valence-corrected chi connectivity index (χ1v) is 3.98. The molecule has 0 saturated heterocycles. The summed E-state index contributed by atoms with van der Waals surface area (Å²) in [5, 5.41) is 12.7. The van der Waals surface area contributed by atoms with Crippen molar-refractivity contribution < 1.29 is 9.90 Å². The zero-order chi connectivity index (χ0) is 8.72. The number of aromatic nitrogens is 2. The Kier molecular flexibility index (Phi) is 1.43. The molecule has 4 heteroatoms. The molecule has 1 aromatic heterocycles. The van der Waals surface area contributed by atoms with Crippen LogP contribution in [0, 0.1) is 0 Å². The van der Waals surface area contributed by atoms with Crippen LogP contribution in [0.15, 0.2) is 0 Å². The Morgan fingerprint density at radius 1 is 1.58 bits per heavy atom. The molecule has 12 heavy (non-hydrogen) atoms. The van der Waals surface area contributed by atoms with Gasteiger partial charge < -0.3 is 5.11 Å². The molecule has 0 atom stereocenters. The SMILES string of the molecule is Cn1nc(C(=O)O)c2c1CCC2. The number of fused-ring (bicyclic) bond motifs is 1. The van der Waals surface area contributed by atoms with Crippen molar-refractivity contribution in [2.24, 2.45) is 7.05 Å². The number of aromatic carboxylic acids is 1. The number of carboxylic acid groups (broad SMARTS) is 1. The minimum Gasteiger partial charge on any atom is -0.476 e. The second kappa shape index (κ2) is 2.33. The van der Waals surface area contributed by atoms with Crippen LogP contribution in [0.4, 0.5) is 0 Å². The van der Waals surface area contributed by atoms with Crippen LogP contribution >= 0.6 is 0 Å². The fourth-order valence-corrected chi connectivity index (χ4v) is 1.78. The van der Waals surface area contributed by atoms with Crippen LogP contribution in [0.1, 0.15) is 28.2 Å². The van der Waals surface area contributed by atoms with Crippen LogP contribution in [-0.4, -0.2) is 20.9 Å². The molecule has 4 nitrogen and oxygen atoms in total. The van der Waals surface area contributed by atoms with Crippen LogP contribution in [0.5, 0.6) is 0 Å². The molecular formula is C8H10N2O2. The zero-order valence-corrected chi connectivity index (χ0v) is 6.87. The summed E-state index contributed by atoms with van der Waals surface area (Å²) in [6, 6.07) is 0. The molecule has 1 heterocycles. The third-order valence-electron chi connectivity index (χ3n) is 2.32. The predicted octanol–water partition coefficient (Wildman–Crippen LogP) is 0.607. The minimum absolute atomic E-state index is 0.241. The topological polar surface area (TPSA) is 55.1 Å². The van der Waals surface area contributed by atoms with Gasteiger partial charge in [-0.2, -0.15) is 5.10 Å². The van der Waals surface area contributed by atoms with E-state index in [0.29, 0.717) is 0 Å². The molecule has 64 valence electrons. The number of carbonyl (C=O) groups is 1. The molecule has 0 aromatic carbocycles. The third-order valence-corrected chi connectivity index (χ3v) is 2.32. The Labute approximate surface area is 69.8 Å². The zero-order valence-electron chi connectivity index (χ0n) is 6.87. The lowest BCUT2D eigenvalue weighted by Gasteiger charge is -1.92. The van der Waals surface area contributed by atoms with Gasteiger partial charge in [0, 0.05) is 18.3 Å². The number of nitrogens with zero attached hydrogens (tertiary/aromatic N) is 2. The van der Waals surface area contributed by atoms with Crippen molar-refractivity contribution >= 4 is 5.97 Å². The van der Waals surface area contributed by atoms with E-state index in [4.69, 9.17) is 5.11 Å². The van der Waals surface area contributed by atoms with Gasteiger partial charge in [0.1, 0.15) is 0 Å². The fraction of sp³-hybridized carbons (Fsp3) is 0.500. The van der Waals surface area contributed by atoms with Gasteiger partial charge in [-0.15, -0.1) is 0 Å². The van der Waals surface area contributed by atoms with Gasteiger partial charge >= 0.3 is 5.97 Å². The lowest BCUT2D eigenvalue weighted by Crippen LogP contribution is -2.02. The van der Waals surface area contributed by atoms with E-state index < -0.39 is 5.97 Å². The largest absolute Gasteiger partial charge is 0.476 e. The summed E-state index contributed by atoms with van der Waals surface area (Å²) >= 11 is 0. The van der Waals surface area contributed by atoms with E-state index in [-0.39, 0.29) is 5.69 Å². The predicted molar refractivity (Wildman–Crippen MR) is 42.2 cm³/mol. The average Bonchev–Trinajstić information content (AvgIpc) is 2.53. The van der Waals surface area contributed by atoms with Gasteiger partial charge in [-0.05, 0) is 19.3 Å². The first-order valence-electron chi connectivity index (χ1n) is 3.98. The van der Waals surface area contributed by atoms with Crippen LogP contribution in [0.3, 0.4) is 0 Å². The molecule has 0 saturated carbocycles. The van der Waals surface area contributed by atoms with Crippen molar-refractivity contribution in [1.29, 1.82) is 0 Å². The van der Waals surface area contributed by atoms with Gasteiger partial charge in [0.15, 0.2) is 5.69 Å². The Morgan fingerprint density at radius 2 is 2.33 bits per heavy atom. The van der Waals surface area contributed by atoms with Gasteiger partial charge in [0.05, 0.1) is 0 Å². The van der Waals surface area contributed by atoms with E-state index in [2.05, 4.69) is 5.10 Å². The van der Waals surface area contributed by atoms with E-state index in [1.165, 1.54) is 0 Å². The van der Waals surface area contributed by atoms with Gasteiger partial charge in [0.2, 0.25) is 0 Å². The van der Waals surface area contributed by atoms with Gasteiger partial charge in [-0.3, -0.25) is 4.68 Å². The standard InChI is InChI=1S/C8H10N2O2/c1-10-6-4-2-3-5(6)7(9-10)8(11)12/h2-4H2,1H3,(H,11,12). The molecule has 0 spiro atoms. The van der Waals surface area contributed by atoms with Gasteiger partial charge in [-0.1, -0.05) is 0 Å². The van der Waals surface area contributed by atoms with Crippen molar-refractivity contribution in [3.8, 4) is 0 Å². The molecule has 1 N–H and O–H groups in total. The Bertz CT molecular complexity index is 341. The van der Waals surface area contributed by atoms with E-state index in [1.807, 2.05) is 0 Å². The smallest absolute Gasteiger partial charge is 0.356 e. The molecule has 0 amide bonds. The Hall–Kier alpha value is -1.32. The molecule has 0 fully saturated rings. The summed E-state index contributed by atoms with van der Waals surface area (Å²) in [5.74, 6) is -0.909. The molecule has 1 aromatic rings.